The van der Waals surface area contributed by atoms with Crippen LogP contribution in [0.5, 0.6) is 0 Å². The fraction of sp³-hybridized carbons (Fsp3) is 0.579. The lowest BCUT2D eigenvalue weighted by atomic mass is 9.71. The van der Waals surface area contributed by atoms with Crippen molar-refractivity contribution in [2.75, 3.05) is 18.1 Å². The van der Waals surface area contributed by atoms with Crippen molar-refractivity contribution in [3.8, 4) is 0 Å². The number of carbonyl (C=O) groups excluding carboxylic acids is 2. The molecule has 1 aromatic carbocycles. The molecule has 0 unspecified atom stereocenters. The normalized spacial score (nSPS) is 28.0. The number of benzene rings is 1. The number of carbonyl (C=O) groups is 2. The predicted molar refractivity (Wildman–Crippen MR) is 90.7 cm³/mol. The number of aliphatic hydroxyl groups excluding tert-OH is 1. The molecule has 4 rings (SSSR count). The van der Waals surface area contributed by atoms with Crippen LogP contribution in [0, 0.1) is 5.92 Å². The summed E-state index contributed by atoms with van der Waals surface area (Å²) in [6, 6.07) is 7.77. The van der Waals surface area contributed by atoms with Crippen molar-refractivity contribution in [2.45, 2.75) is 50.6 Å². The summed E-state index contributed by atoms with van der Waals surface area (Å²) in [5, 5.41) is 9.87. The molecule has 0 radical (unpaired) electrons. The summed E-state index contributed by atoms with van der Waals surface area (Å²) in [5.41, 5.74) is 2.03. The molecule has 2 fully saturated rings. The third kappa shape index (κ3) is 2.34. The number of para-hydroxylation sites is 1. The minimum Gasteiger partial charge on any atom is -0.394 e. The zero-order valence-corrected chi connectivity index (χ0v) is 14.0. The Kier molecular flexibility index (Phi) is 3.83. The van der Waals surface area contributed by atoms with Crippen molar-refractivity contribution in [1.29, 1.82) is 0 Å². The van der Waals surface area contributed by atoms with Gasteiger partial charge in [-0.2, -0.15) is 0 Å². The van der Waals surface area contributed by atoms with Crippen LogP contribution in [0.25, 0.3) is 0 Å². The van der Waals surface area contributed by atoms with Crippen LogP contribution in [0.4, 0.5) is 5.69 Å². The Bertz CT molecular complexity index is 670. The number of rotatable bonds is 4. The zero-order valence-electron chi connectivity index (χ0n) is 14.0. The largest absolute Gasteiger partial charge is 0.394 e. The van der Waals surface area contributed by atoms with E-state index in [-0.39, 0.29) is 36.4 Å². The third-order valence-electron chi connectivity index (χ3n) is 5.74. The maximum absolute atomic E-state index is 12.7. The molecule has 0 bridgehead atoms. The van der Waals surface area contributed by atoms with E-state index in [1.807, 2.05) is 41.0 Å². The third-order valence-corrected chi connectivity index (χ3v) is 5.74. The van der Waals surface area contributed by atoms with Gasteiger partial charge in [-0.1, -0.05) is 25.1 Å². The van der Waals surface area contributed by atoms with Crippen molar-refractivity contribution in [2.24, 2.45) is 5.92 Å². The van der Waals surface area contributed by atoms with Gasteiger partial charge in [-0.15, -0.1) is 0 Å². The van der Waals surface area contributed by atoms with Crippen LogP contribution < -0.4 is 4.90 Å². The first-order valence-electron chi connectivity index (χ1n) is 8.97. The minimum atomic E-state index is -0.152. The number of nitrogens with zero attached hydrogens (tertiary/aromatic N) is 2. The van der Waals surface area contributed by atoms with E-state index in [0.717, 1.165) is 24.1 Å². The monoisotopic (exact) mass is 328 g/mol. The molecule has 128 valence electrons. The van der Waals surface area contributed by atoms with E-state index < -0.39 is 0 Å². The molecule has 5 nitrogen and oxygen atoms in total. The van der Waals surface area contributed by atoms with Crippen molar-refractivity contribution in [3.05, 3.63) is 29.8 Å². The van der Waals surface area contributed by atoms with Gasteiger partial charge in [-0.3, -0.25) is 9.59 Å². The molecule has 1 aromatic rings. The molecule has 2 amide bonds. The van der Waals surface area contributed by atoms with Gasteiger partial charge in [-0.25, -0.2) is 0 Å². The summed E-state index contributed by atoms with van der Waals surface area (Å²) in [7, 11) is 0. The Balaban J connectivity index is 1.66. The second-order valence-corrected chi connectivity index (χ2v) is 7.21. The lowest BCUT2D eigenvalue weighted by Crippen LogP contribution is -2.70. The average molecular weight is 328 g/mol. The molecule has 5 heteroatoms. The highest BCUT2D eigenvalue weighted by molar-refractivity contribution is 5.95. The van der Waals surface area contributed by atoms with E-state index in [4.69, 9.17) is 0 Å². The van der Waals surface area contributed by atoms with E-state index in [9.17, 15) is 14.7 Å². The standard InChI is InChI=1S/C19H24N2O3/c1-2-17(23)20-10-15-19(13-5-3-4-6-14(13)20)16(11-22)21(15)18(24)9-12-7-8-12/h3-6,12,15-16,19,22H,2,7-11H2,1H3/t15-,16-,19+/m0/s1. The van der Waals surface area contributed by atoms with Gasteiger partial charge in [0.2, 0.25) is 11.8 Å². The Morgan fingerprint density at radius 2 is 1.96 bits per heavy atom. The smallest absolute Gasteiger partial charge is 0.226 e. The number of fused-ring (bicyclic) bond motifs is 3. The van der Waals surface area contributed by atoms with Crippen molar-refractivity contribution in [3.63, 3.8) is 0 Å². The lowest BCUT2D eigenvalue weighted by Gasteiger charge is -2.59. The number of aliphatic hydroxyl groups is 1. The van der Waals surface area contributed by atoms with Gasteiger partial charge in [0.05, 0.1) is 18.7 Å². The molecule has 1 aliphatic carbocycles. The molecular formula is C19H24N2O3. The average Bonchev–Trinajstić information content (AvgIpc) is 3.38. The molecule has 1 N–H and O–H groups in total. The second kappa shape index (κ2) is 5.88. The fourth-order valence-electron chi connectivity index (χ4n) is 4.34. The minimum absolute atomic E-state index is 0.00111. The summed E-state index contributed by atoms with van der Waals surface area (Å²) in [4.78, 5) is 28.7. The molecule has 3 aliphatic rings. The van der Waals surface area contributed by atoms with E-state index in [1.165, 1.54) is 0 Å². The number of amides is 2. The van der Waals surface area contributed by atoms with Crippen LogP contribution in [-0.2, 0) is 9.59 Å². The Morgan fingerprint density at radius 3 is 2.62 bits per heavy atom. The van der Waals surface area contributed by atoms with Gasteiger partial charge in [0.25, 0.3) is 0 Å². The second-order valence-electron chi connectivity index (χ2n) is 7.21. The summed E-state index contributed by atoms with van der Waals surface area (Å²) in [5.74, 6) is 0.888. The number of anilines is 1. The molecule has 1 saturated carbocycles. The summed E-state index contributed by atoms with van der Waals surface area (Å²) in [6.07, 6.45) is 3.32. The molecule has 1 saturated heterocycles. The summed E-state index contributed by atoms with van der Waals surface area (Å²) < 4.78 is 0. The first-order chi connectivity index (χ1) is 11.7. The van der Waals surface area contributed by atoms with Crippen LogP contribution in [0.2, 0.25) is 0 Å². The van der Waals surface area contributed by atoms with Gasteiger partial charge >= 0.3 is 0 Å². The topological polar surface area (TPSA) is 60.9 Å². The molecule has 3 atom stereocenters. The van der Waals surface area contributed by atoms with Crippen LogP contribution in [0.1, 0.15) is 44.1 Å². The quantitative estimate of drug-likeness (QED) is 0.918. The van der Waals surface area contributed by atoms with Gasteiger partial charge < -0.3 is 14.9 Å². The van der Waals surface area contributed by atoms with E-state index in [1.54, 1.807) is 0 Å². The Hall–Kier alpha value is -1.88. The van der Waals surface area contributed by atoms with E-state index >= 15 is 0 Å². The SMILES string of the molecule is CCC(=O)N1C[C@H]2[C@@H](c3ccccc31)[C@H](CO)N2C(=O)CC1CC1. The predicted octanol–water partition coefficient (Wildman–Crippen LogP) is 1.90. The van der Waals surface area contributed by atoms with Crippen LogP contribution >= 0.6 is 0 Å². The van der Waals surface area contributed by atoms with Crippen LogP contribution in [0.3, 0.4) is 0 Å². The number of likely N-dealkylation sites (tertiary alicyclic amines) is 1. The molecule has 0 spiro atoms. The zero-order chi connectivity index (χ0) is 16.8. The maximum Gasteiger partial charge on any atom is 0.226 e. The van der Waals surface area contributed by atoms with Crippen molar-refractivity contribution in [1.82, 2.24) is 4.90 Å². The van der Waals surface area contributed by atoms with Gasteiger partial charge in [0, 0.05) is 31.0 Å². The lowest BCUT2D eigenvalue weighted by molar-refractivity contribution is -0.151. The molecular weight excluding hydrogens is 304 g/mol. The van der Waals surface area contributed by atoms with Crippen molar-refractivity contribution >= 4 is 17.5 Å². The molecule has 2 aliphatic heterocycles. The summed E-state index contributed by atoms with van der Waals surface area (Å²) >= 11 is 0. The van der Waals surface area contributed by atoms with Crippen LogP contribution in [-0.4, -0.2) is 47.1 Å². The fourth-order valence-corrected chi connectivity index (χ4v) is 4.34. The summed E-state index contributed by atoms with van der Waals surface area (Å²) in [6.45, 7) is 2.39. The molecule has 24 heavy (non-hydrogen) atoms. The Morgan fingerprint density at radius 1 is 1.21 bits per heavy atom. The Labute approximate surface area is 142 Å². The number of hydrogen-bond acceptors (Lipinski definition) is 3. The molecule has 2 heterocycles. The highest BCUT2D eigenvalue weighted by Crippen LogP contribution is 2.49. The van der Waals surface area contributed by atoms with Gasteiger partial charge in [0.15, 0.2) is 0 Å². The van der Waals surface area contributed by atoms with Crippen LogP contribution in [0.15, 0.2) is 24.3 Å². The highest BCUT2D eigenvalue weighted by Gasteiger charge is 2.55. The first kappa shape index (κ1) is 15.6. The molecule has 0 aromatic heterocycles. The maximum atomic E-state index is 12.7. The first-order valence-corrected chi connectivity index (χ1v) is 8.97. The van der Waals surface area contributed by atoms with Crippen molar-refractivity contribution < 1.29 is 14.7 Å². The highest BCUT2D eigenvalue weighted by atomic mass is 16.3. The van der Waals surface area contributed by atoms with E-state index in [2.05, 4.69) is 0 Å². The number of hydrogen-bond donors (Lipinski definition) is 1. The van der Waals surface area contributed by atoms with Gasteiger partial charge in [-0.05, 0) is 30.4 Å². The van der Waals surface area contributed by atoms with E-state index in [0.29, 0.717) is 25.3 Å². The van der Waals surface area contributed by atoms with Gasteiger partial charge in [0.1, 0.15) is 0 Å².